The Morgan fingerprint density at radius 2 is 0.615 bits per heavy atom. The molecule has 4 rings (SSSR count). The lowest BCUT2D eigenvalue weighted by Crippen LogP contribution is -2.61. The lowest BCUT2D eigenvalue weighted by atomic mass is 10.1. The van der Waals surface area contributed by atoms with Gasteiger partial charge < -0.3 is 8.37 Å². The standard InChI is InChI=1S/C15H10F6O6S2.C11H8F6O6S2.C11H8F6O5S2/c1-2-9-3-4-11-8-12(6-5-10(11)7-9)27-29(25,26)15(20,21)13(16,17)14(18,19)28(22,23)24;1-2-7-3-5-8(6-4-7)23-25(21,22)11(16,17)9(12,13)10(14,15)24(18,19)20;1-2-7-3-5-8(6-4-7)23(18,19)10(14,15)9(12,13)11(16,17)24(20,21)22/h2-8H,1H2,(H,22,23,24);2-6H,1H2,(H,18,19,20);2-6H,1H2,(H,20,21,22). The molecule has 0 amide bonds. The molecule has 0 saturated heterocycles. The minimum Gasteiger partial charge on any atom is -0.378 e. The second kappa shape index (κ2) is 21.7. The summed E-state index contributed by atoms with van der Waals surface area (Å²) >= 11 is 0. The highest BCUT2D eigenvalue weighted by Crippen LogP contribution is 2.54. The van der Waals surface area contributed by atoms with Gasteiger partial charge in [-0.25, -0.2) is 8.42 Å². The third-order valence-corrected chi connectivity index (χ3v) is 16.3. The van der Waals surface area contributed by atoms with E-state index >= 15 is 0 Å². The molecule has 17 nitrogen and oxygen atoms in total. The molecule has 0 saturated carbocycles. The van der Waals surface area contributed by atoms with Gasteiger partial charge in [-0.15, -0.1) is 0 Å². The number of benzene rings is 4. The molecule has 0 radical (unpaired) electrons. The van der Waals surface area contributed by atoms with Crippen molar-refractivity contribution in [1.82, 2.24) is 0 Å². The number of rotatable bonds is 20. The van der Waals surface area contributed by atoms with Crippen LogP contribution in [0.15, 0.2) is 110 Å². The Balaban J connectivity index is 0.000000402. The van der Waals surface area contributed by atoms with E-state index in [1.54, 1.807) is 6.07 Å². The fourth-order valence-corrected chi connectivity index (χ4v) is 9.47. The molecule has 0 fully saturated rings. The summed E-state index contributed by atoms with van der Waals surface area (Å²) in [4.78, 5) is -1.47. The Morgan fingerprint density at radius 1 is 0.346 bits per heavy atom. The molecule has 78 heavy (non-hydrogen) atoms. The van der Waals surface area contributed by atoms with E-state index in [1.807, 2.05) is 0 Å². The summed E-state index contributed by atoms with van der Waals surface area (Å²) in [5.74, 6) is -23.0. The molecular formula is C37H26F18O17S6. The van der Waals surface area contributed by atoms with Crippen molar-refractivity contribution in [2.45, 2.75) is 54.2 Å². The lowest BCUT2D eigenvalue weighted by molar-refractivity contribution is -0.247. The number of alkyl halides is 18. The van der Waals surface area contributed by atoms with Crippen molar-refractivity contribution in [3.8, 4) is 11.5 Å². The second-order valence-corrected chi connectivity index (χ2v) is 23.9. The van der Waals surface area contributed by atoms with E-state index in [9.17, 15) is 130 Å². The fourth-order valence-electron chi connectivity index (χ4n) is 4.85. The van der Waals surface area contributed by atoms with Crippen molar-refractivity contribution in [2.24, 2.45) is 0 Å². The SMILES string of the molecule is C=Cc1ccc(OS(=O)(=O)C(F)(F)C(F)(F)C(F)(F)S(=O)(=O)O)cc1.C=Cc1ccc(S(=O)(=O)C(F)(F)C(F)(F)C(F)(F)S(=O)(=O)O)cc1.C=Cc1ccc2cc(OS(=O)(=O)C(F)(F)C(F)(F)C(F)(F)S(=O)(=O)O)ccc2c1. The van der Waals surface area contributed by atoms with E-state index < -0.39 is 126 Å². The van der Waals surface area contributed by atoms with E-state index in [0.717, 1.165) is 60.7 Å². The van der Waals surface area contributed by atoms with Crippen LogP contribution in [0.2, 0.25) is 0 Å². The molecule has 0 aliphatic carbocycles. The molecular weight excluding hydrogens is 1250 g/mol. The second-order valence-electron chi connectivity index (χ2n) is 14.3. The molecule has 0 heterocycles. The van der Waals surface area contributed by atoms with Gasteiger partial charge in [-0.3, -0.25) is 13.7 Å². The van der Waals surface area contributed by atoms with E-state index in [0.29, 0.717) is 28.6 Å². The highest BCUT2D eigenvalue weighted by atomic mass is 32.2. The highest BCUT2D eigenvalue weighted by molar-refractivity contribution is 7.93. The number of hydrogen-bond acceptors (Lipinski definition) is 14. The zero-order valence-electron chi connectivity index (χ0n) is 36.7. The minimum atomic E-state index is -7.10. The molecule has 0 unspecified atom stereocenters. The van der Waals surface area contributed by atoms with Crippen LogP contribution in [0.4, 0.5) is 79.0 Å². The van der Waals surface area contributed by atoms with Crippen molar-refractivity contribution >= 4 is 89.4 Å². The van der Waals surface area contributed by atoms with Crippen molar-refractivity contribution < 1.29 is 152 Å². The van der Waals surface area contributed by atoms with E-state index in [4.69, 9.17) is 13.7 Å². The molecule has 0 atom stereocenters. The predicted molar refractivity (Wildman–Crippen MR) is 233 cm³/mol. The summed E-state index contributed by atoms with van der Waals surface area (Å²) < 4.78 is 403. The maximum Gasteiger partial charge on any atom is 0.450 e. The number of halogens is 18. The molecule has 4 aromatic carbocycles. The topological polar surface area (TPSA) is 284 Å². The van der Waals surface area contributed by atoms with Crippen LogP contribution in [0.25, 0.3) is 29.0 Å². The third kappa shape index (κ3) is 12.2. The van der Waals surface area contributed by atoms with Crippen LogP contribution in [0.1, 0.15) is 16.7 Å². The van der Waals surface area contributed by atoms with Gasteiger partial charge in [0.2, 0.25) is 9.84 Å². The minimum absolute atomic E-state index is 0.201. The number of hydrogen-bond donors (Lipinski definition) is 3. The van der Waals surface area contributed by atoms with Gasteiger partial charge in [0.15, 0.2) is 0 Å². The van der Waals surface area contributed by atoms with Crippen molar-refractivity contribution in [1.29, 1.82) is 0 Å². The van der Waals surface area contributed by atoms with Crippen LogP contribution in [0.5, 0.6) is 11.5 Å². The van der Waals surface area contributed by atoms with Gasteiger partial charge in [-0.2, -0.15) is 121 Å². The first-order valence-corrected chi connectivity index (χ1v) is 27.2. The zero-order chi connectivity index (χ0) is 61.6. The van der Waals surface area contributed by atoms with Gasteiger partial charge in [-0.1, -0.05) is 80.4 Å². The molecule has 0 spiro atoms. The average Bonchev–Trinajstić information content (AvgIpc) is 3.30. The maximum absolute atomic E-state index is 13.8. The predicted octanol–water partition coefficient (Wildman–Crippen LogP) is 9.46. The van der Waals surface area contributed by atoms with Crippen LogP contribution in [-0.2, 0) is 60.4 Å². The maximum atomic E-state index is 13.8. The Labute approximate surface area is 426 Å². The molecule has 0 aliphatic rings. The number of sulfone groups is 1. The average molecular weight is 1280 g/mol. The Kier molecular flexibility index (Phi) is 19.1. The summed E-state index contributed by atoms with van der Waals surface area (Å²) in [6, 6.07) is 13.4. The first kappa shape index (κ1) is 68.4. The monoisotopic (exact) mass is 1280 g/mol. The summed E-state index contributed by atoms with van der Waals surface area (Å²) in [6.07, 6.45) is 3.86. The van der Waals surface area contributed by atoms with Crippen molar-refractivity contribution in [3.05, 3.63) is 121 Å². The van der Waals surface area contributed by atoms with Crippen molar-refractivity contribution in [3.63, 3.8) is 0 Å². The normalized spacial score (nSPS) is 14.2. The Hall–Kier alpha value is -5.72. The van der Waals surface area contributed by atoms with Crippen LogP contribution in [0, 0.1) is 0 Å². The van der Waals surface area contributed by atoms with Crippen LogP contribution in [-0.4, -0.2) is 113 Å². The van der Waals surface area contributed by atoms with Gasteiger partial charge in [0, 0.05) is 0 Å². The van der Waals surface area contributed by atoms with Gasteiger partial charge in [0.25, 0.3) is 0 Å². The van der Waals surface area contributed by atoms with Crippen LogP contribution < -0.4 is 8.37 Å². The molecule has 0 aliphatic heterocycles. The lowest BCUT2D eigenvalue weighted by Gasteiger charge is -2.30. The molecule has 0 bridgehead atoms. The molecule has 438 valence electrons. The zero-order valence-corrected chi connectivity index (χ0v) is 41.6. The molecule has 41 heteroatoms. The van der Waals surface area contributed by atoms with E-state index in [-0.39, 0.29) is 10.9 Å². The molecule has 0 aromatic heterocycles. The van der Waals surface area contributed by atoms with Crippen LogP contribution >= 0.6 is 0 Å². The number of fused-ring (bicyclic) bond motifs is 1. The fraction of sp³-hybridized carbons (Fsp3) is 0.243. The first-order valence-electron chi connectivity index (χ1n) is 18.6. The van der Waals surface area contributed by atoms with E-state index in [1.165, 1.54) is 24.3 Å². The van der Waals surface area contributed by atoms with Gasteiger partial charge in [-0.05, 0) is 69.9 Å². The Morgan fingerprint density at radius 3 is 0.949 bits per heavy atom. The smallest absolute Gasteiger partial charge is 0.378 e. The molecule has 4 aromatic rings. The van der Waals surface area contributed by atoms with Crippen molar-refractivity contribution in [2.75, 3.05) is 0 Å². The summed E-state index contributed by atoms with van der Waals surface area (Å²) in [7, 11) is -41.3. The van der Waals surface area contributed by atoms with Crippen LogP contribution in [0.3, 0.4) is 0 Å². The van der Waals surface area contributed by atoms with Gasteiger partial charge in [0.05, 0.1) is 4.90 Å². The Bertz CT molecular complexity index is 3640. The third-order valence-electron chi connectivity index (χ3n) is 9.16. The first-order chi connectivity index (χ1) is 34.5. The summed E-state index contributed by atoms with van der Waals surface area (Å²) in [5.41, 5.74) is 1.18. The van der Waals surface area contributed by atoms with Gasteiger partial charge in [0.1, 0.15) is 11.5 Å². The quantitative estimate of drug-likeness (QED) is 0.0422. The summed E-state index contributed by atoms with van der Waals surface area (Å²) in [6.45, 7) is 10.1. The summed E-state index contributed by atoms with van der Waals surface area (Å²) in [5, 5.41) is -39.7. The highest BCUT2D eigenvalue weighted by Gasteiger charge is 2.85. The van der Waals surface area contributed by atoms with E-state index in [2.05, 4.69) is 28.1 Å². The largest absolute Gasteiger partial charge is 0.450 e. The van der Waals surface area contributed by atoms with Gasteiger partial charge >= 0.3 is 99.9 Å². The molecule has 3 N–H and O–H groups in total.